The summed E-state index contributed by atoms with van der Waals surface area (Å²) in [7, 11) is 1.45. The summed E-state index contributed by atoms with van der Waals surface area (Å²) < 4.78 is 10.9. The maximum atomic E-state index is 12.2. The van der Waals surface area contributed by atoms with Crippen LogP contribution in [0, 0.1) is 10.1 Å². The molecule has 2 aromatic carbocycles. The van der Waals surface area contributed by atoms with Gasteiger partial charge in [-0.2, -0.15) is 0 Å². The van der Waals surface area contributed by atoms with Crippen molar-refractivity contribution in [2.45, 2.75) is 13.5 Å². The minimum absolute atomic E-state index is 0.0509. The molecule has 1 heterocycles. The highest BCUT2D eigenvalue weighted by atomic mass is 35.5. The third kappa shape index (κ3) is 4.82. The van der Waals surface area contributed by atoms with Crippen molar-refractivity contribution in [3.05, 3.63) is 68.7 Å². The van der Waals surface area contributed by atoms with E-state index in [0.717, 1.165) is 0 Å². The first-order valence-corrected chi connectivity index (χ1v) is 9.60. The molecule has 0 unspecified atom stereocenters. The summed E-state index contributed by atoms with van der Waals surface area (Å²) in [5.74, 6) is 0.388. The Hall–Kier alpha value is -3.17. The van der Waals surface area contributed by atoms with Crippen LogP contribution in [0.25, 0.3) is 0 Å². The Morgan fingerprint density at radius 1 is 1.28 bits per heavy atom. The number of rotatable bonds is 7. The zero-order valence-electron chi connectivity index (χ0n) is 15.5. The lowest BCUT2D eigenvalue weighted by Crippen LogP contribution is -2.22. The van der Waals surface area contributed by atoms with Gasteiger partial charge in [-0.3, -0.25) is 19.8 Å². The zero-order chi connectivity index (χ0) is 21.0. The molecule has 3 aromatic rings. The molecule has 0 saturated heterocycles. The van der Waals surface area contributed by atoms with Crippen molar-refractivity contribution in [3.63, 3.8) is 0 Å². The lowest BCUT2D eigenvalue weighted by atomic mass is 10.3. The minimum Gasteiger partial charge on any atom is -0.493 e. The maximum Gasteiger partial charge on any atom is 0.273 e. The molecular weight excluding hydrogens is 418 g/mol. The van der Waals surface area contributed by atoms with Crippen molar-refractivity contribution in [3.8, 4) is 11.5 Å². The fourth-order valence-corrected chi connectivity index (χ4v) is 3.61. The second-order valence-electron chi connectivity index (χ2n) is 5.84. The van der Waals surface area contributed by atoms with E-state index in [-0.39, 0.29) is 24.0 Å². The van der Waals surface area contributed by atoms with Gasteiger partial charge < -0.3 is 9.47 Å². The van der Waals surface area contributed by atoms with Gasteiger partial charge in [-0.1, -0.05) is 17.7 Å². The summed E-state index contributed by atoms with van der Waals surface area (Å²) in [6, 6.07) is 11.0. The maximum absolute atomic E-state index is 12.2. The van der Waals surface area contributed by atoms with E-state index in [1.165, 1.54) is 48.5 Å². The molecule has 0 aliphatic carbocycles. The lowest BCUT2D eigenvalue weighted by molar-refractivity contribution is -0.385. The van der Waals surface area contributed by atoms with Crippen LogP contribution in [-0.2, 0) is 11.4 Å². The molecule has 3 rings (SSSR count). The third-order valence-electron chi connectivity index (χ3n) is 3.85. The topological polar surface area (TPSA) is 94.8 Å². The summed E-state index contributed by atoms with van der Waals surface area (Å²) in [4.78, 5) is 28.5. The van der Waals surface area contributed by atoms with Gasteiger partial charge in [0, 0.05) is 23.4 Å². The summed E-state index contributed by atoms with van der Waals surface area (Å²) in [6.07, 6.45) is 0. The number of carbonyl (C=O) groups is 1. The van der Waals surface area contributed by atoms with E-state index < -0.39 is 4.92 Å². The van der Waals surface area contributed by atoms with Crippen molar-refractivity contribution >= 4 is 45.4 Å². The van der Waals surface area contributed by atoms with Crippen LogP contribution in [0.2, 0.25) is 5.02 Å². The number of nitrogens with zero attached hydrogens (tertiary/aromatic N) is 3. The number of hydrogen-bond donors (Lipinski definition) is 0. The highest BCUT2D eigenvalue weighted by Gasteiger charge is 2.19. The summed E-state index contributed by atoms with van der Waals surface area (Å²) in [6.45, 7) is 1.49. The Bertz CT molecular complexity index is 1060. The van der Waals surface area contributed by atoms with E-state index in [9.17, 15) is 14.9 Å². The first-order valence-electron chi connectivity index (χ1n) is 8.35. The number of nitro benzene ring substituents is 1. The molecule has 1 aromatic heterocycles. The summed E-state index contributed by atoms with van der Waals surface area (Å²) in [5.41, 5.74) is 1.06. The SMILES string of the molecule is COc1ccc([N+](=O)[O-])cc1OCc1csc(N(C(C)=O)c2cccc(Cl)c2)n1. The molecule has 10 heteroatoms. The van der Waals surface area contributed by atoms with E-state index in [1.807, 2.05) is 0 Å². The predicted molar refractivity (Wildman–Crippen MR) is 110 cm³/mol. The number of hydrogen-bond acceptors (Lipinski definition) is 7. The number of methoxy groups -OCH3 is 1. The first-order chi connectivity index (χ1) is 13.9. The van der Waals surface area contributed by atoms with Gasteiger partial charge in [-0.25, -0.2) is 4.98 Å². The molecule has 0 atom stereocenters. The molecule has 0 fully saturated rings. The van der Waals surface area contributed by atoms with Crippen LogP contribution in [0.5, 0.6) is 11.5 Å². The second-order valence-corrected chi connectivity index (χ2v) is 7.11. The largest absolute Gasteiger partial charge is 0.493 e. The Morgan fingerprint density at radius 3 is 2.72 bits per heavy atom. The number of benzene rings is 2. The number of amides is 1. The van der Waals surface area contributed by atoms with Crippen LogP contribution in [0.4, 0.5) is 16.5 Å². The van der Waals surface area contributed by atoms with E-state index in [4.69, 9.17) is 21.1 Å². The van der Waals surface area contributed by atoms with Crippen molar-refractivity contribution in [1.29, 1.82) is 0 Å². The number of nitro groups is 1. The molecule has 0 spiro atoms. The van der Waals surface area contributed by atoms with Gasteiger partial charge in [0.25, 0.3) is 5.69 Å². The first kappa shape index (κ1) is 20.6. The number of carbonyl (C=O) groups excluding carboxylic acids is 1. The van der Waals surface area contributed by atoms with Crippen LogP contribution in [0.1, 0.15) is 12.6 Å². The van der Waals surface area contributed by atoms with Crippen LogP contribution in [0.15, 0.2) is 47.8 Å². The fraction of sp³-hybridized carbons (Fsp3) is 0.158. The standard InChI is InChI=1S/C19H16ClN3O5S/c1-12(24)22(15-5-3-4-13(20)8-15)19-21-14(11-29-19)10-28-18-9-16(23(25)26)6-7-17(18)27-2/h3-9,11H,10H2,1-2H3. The summed E-state index contributed by atoms with van der Waals surface area (Å²) >= 11 is 7.30. The van der Waals surface area contributed by atoms with Crippen molar-refractivity contribution in [2.75, 3.05) is 12.0 Å². The number of thiazole rings is 1. The van der Waals surface area contributed by atoms with E-state index >= 15 is 0 Å². The van der Waals surface area contributed by atoms with Gasteiger partial charge in [0.05, 0.1) is 29.5 Å². The molecule has 8 nitrogen and oxygen atoms in total. The average Bonchev–Trinajstić information content (AvgIpc) is 3.14. The Morgan fingerprint density at radius 2 is 2.07 bits per heavy atom. The molecule has 1 amide bonds. The van der Waals surface area contributed by atoms with Crippen molar-refractivity contribution < 1.29 is 19.2 Å². The normalized spacial score (nSPS) is 10.4. The lowest BCUT2D eigenvalue weighted by Gasteiger charge is -2.18. The molecule has 0 aliphatic rings. The number of non-ortho nitro benzene ring substituents is 1. The van der Waals surface area contributed by atoms with Crippen LogP contribution in [0.3, 0.4) is 0 Å². The highest BCUT2D eigenvalue weighted by molar-refractivity contribution is 7.14. The number of aromatic nitrogens is 1. The van der Waals surface area contributed by atoms with Gasteiger partial charge in [-0.15, -0.1) is 11.3 Å². The third-order valence-corrected chi connectivity index (χ3v) is 4.96. The average molecular weight is 434 g/mol. The fourth-order valence-electron chi connectivity index (χ4n) is 2.55. The molecule has 150 valence electrons. The number of ether oxygens (including phenoxy) is 2. The van der Waals surface area contributed by atoms with Gasteiger partial charge in [0.15, 0.2) is 16.6 Å². The number of halogens is 1. The van der Waals surface area contributed by atoms with Gasteiger partial charge in [0.1, 0.15) is 6.61 Å². The van der Waals surface area contributed by atoms with Crippen LogP contribution < -0.4 is 14.4 Å². The Kier molecular flexibility index (Phi) is 6.30. The Labute approximate surface area is 175 Å². The molecule has 0 bridgehead atoms. The van der Waals surface area contributed by atoms with Gasteiger partial charge in [-0.05, 0) is 24.3 Å². The summed E-state index contributed by atoms with van der Waals surface area (Å²) in [5, 5.41) is 13.7. The van der Waals surface area contributed by atoms with Gasteiger partial charge in [0.2, 0.25) is 5.91 Å². The van der Waals surface area contributed by atoms with Crippen LogP contribution in [-0.4, -0.2) is 22.9 Å². The Balaban J connectivity index is 1.81. The monoisotopic (exact) mass is 433 g/mol. The molecular formula is C19H16ClN3O5S. The van der Waals surface area contributed by atoms with Crippen molar-refractivity contribution in [1.82, 2.24) is 4.98 Å². The molecule has 0 aliphatic heterocycles. The molecule has 29 heavy (non-hydrogen) atoms. The second kappa shape index (κ2) is 8.89. The van der Waals surface area contributed by atoms with Crippen molar-refractivity contribution in [2.24, 2.45) is 0 Å². The highest BCUT2D eigenvalue weighted by Crippen LogP contribution is 2.33. The van der Waals surface area contributed by atoms with E-state index in [1.54, 1.807) is 29.6 Å². The predicted octanol–water partition coefficient (Wildman–Crippen LogP) is 4.98. The number of anilines is 2. The molecule has 0 saturated carbocycles. The molecule has 0 radical (unpaired) electrons. The zero-order valence-corrected chi connectivity index (χ0v) is 17.1. The minimum atomic E-state index is -0.511. The molecule has 0 N–H and O–H groups in total. The van der Waals surface area contributed by atoms with Gasteiger partial charge >= 0.3 is 0 Å². The smallest absolute Gasteiger partial charge is 0.273 e. The van der Waals surface area contributed by atoms with Crippen LogP contribution >= 0.6 is 22.9 Å². The van der Waals surface area contributed by atoms with E-state index in [2.05, 4.69) is 4.98 Å². The quantitative estimate of drug-likeness (QED) is 0.385. The van der Waals surface area contributed by atoms with E-state index in [0.29, 0.717) is 27.3 Å².